The number of rotatable bonds is 4. The van der Waals surface area contributed by atoms with Crippen LogP contribution in [0, 0.1) is 0 Å². The Bertz CT molecular complexity index is 747. The Labute approximate surface area is 155 Å². The lowest BCUT2D eigenvalue weighted by molar-refractivity contribution is 0.102. The minimum Gasteiger partial charge on any atom is -0.372 e. The first-order valence-corrected chi connectivity index (χ1v) is 9.67. The summed E-state index contributed by atoms with van der Waals surface area (Å²) >= 11 is 0. The average molecular weight is 350 g/mol. The van der Waals surface area contributed by atoms with E-state index in [0.29, 0.717) is 5.69 Å². The van der Waals surface area contributed by atoms with E-state index in [1.54, 1.807) is 6.20 Å². The van der Waals surface area contributed by atoms with Crippen molar-refractivity contribution in [1.82, 2.24) is 4.98 Å². The number of piperidine rings is 1. The molecule has 2 aliphatic heterocycles. The minimum atomic E-state index is -0.156. The number of nitrogens with one attached hydrogen (secondary N) is 1. The average Bonchev–Trinajstić information content (AvgIpc) is 3.24. The van der Waals surface area contributed by atoms with Crippen molar-refractivity contribution in [2.75, 3.05) is 41.3 Å². The lowest BCUT2D eigenvalue weighted by Gasteiger charge is -2.28. The largest absolute Gasteiger partial charge is 0.372 e. The number of anilines is 3. The Balaban J connectivity index is 1.42. The number of aromatic nitrogens is 1. The molecule has 1 aromatic heterocycles. The fourth-order valence-electron chi connectivity index (χ4n) is 3.82. The molecule has 4 rings (SSSR count). The Hall–Kier alpha value is -2.56. The Morgan fingerprint density at radius 3 is 2.12 bits per heavy atom. The third kappa shape index (κ3) is 3.82. The highest BCUT2D eigenvalue weighted by atomic mass is 16.1. The van der Waals surface area contributed by atoms with E-state index in [1.165, 1.54) is 37.8 Å². The van der Waals surface area contributed by atoms with Crippen LogP contribution in [0.1, 0.15) is 42.6 Å². The van der Waals surface area contributed by atoms with Crippen molar-refractivity contribution in [1.29, 1.82) is 0 Å². The number of carbonyl (C=O) groups is 1. The zero-order valence-electron chi connectivity index (χ0n) is 15.2. The molecule has 5 nitrogen and oxygen atoms in total. The molecule has 2 saturated heterocycles. The quantitative estimate of drug-likeness (QED) is 0.908. The van der Waals surface area contributed by atoms with E-state index in [2.05, 4.69) is 32.2 Å². The van der Waals surface area contributed by atoms with E-state index in [4.69, 9.17) is 0 Å². The summed E-state index contributed by atoms with van der Waals surface area (Å²) in [5.74, 6) is -0.156. The van der Waals surface area contributed by atoms with Gasteiger partial charge >= 0.3 is 0 Å². The topological polar surface area (TPSA) is 48.5 Å². The molecule has 0 aliphatic carbocycles. The molecule has 2 aliphatic rings. The summed E-state index contributed by atoms with van der Waals surface area (Å²) in [4.78, 5) is 21.5. The third-order valence-electron chi connectivity index (χ3n) is 5.29. The molecule has 0 saturated carbocycles. The molecule has 0 radical (unpaired) electrons. The SMILES string of the molecule is O=C(Nc1ccc(N2CCCCC2)cc1)c1cc(N2CCCC2)ccn1. The highest BCUT2D eigenvalue weighted by Crippen LogP contribution is 2.23. The molecule has 0 bridgehead atoms. The van der Waals surface area contributed by atoms with Gasteiger partial charge in [0.2, 0.25) is 0 Å². The first kappa shape index (κ1) is 16.9. The van der Waals surface area contributed by atoms with Crippen LogP contribution in [-0.2, 0) is 0 Å². The number of pyridine rings is 1. The first-order valence-electron chi connectivity index (χ1n) is 9.67. The van der Waals surface area contributed by atoms with Gasteiger partial charge in [-0.2, -0.15) is 0 Å². The van der Waals surface area contributed by atoms with Gasteiger partial charge in [0.25, 0.3) is 5.91 Å². The van der Waals surface area contributed by atoms with Gasteiger partial charge in [-0.3, -0.25) is 9.78 Å². The lowest BCUT2D eigenvalue weighted by Crippen LogP contribution is -2.29. The molecule has 1 amide bonds. The molecule has 1 aromatic carbocycles. The number of benzene rings is 1. The number of hydrogen-bond acceptors (Lipinski definition) is 4. The van der Waals surface area contributed by atoms with Crippen molar-refractivity contribution in [2.45, 2.75) is 32.1 Å². The van der Waals surface area contributed by atoms with Crippen molar-refractivity contribution in [2.24, 2.45) is 0 Å². The van der Waals surface area contributed by atoms with Crippen molar-refractivity contribution < 1.29 is 4.79 Å². The Kier molecular flexibility index (Phi) is 5.04. The molecule has 2 fully saturated rings. The van der Waals surface area contributed by atoms with E-state index >= 15 is 0 Å². The van der Waals surface area contributed by atoms with Gasteiger partial charge < -0.3 is 15.1 Å². The molecular weight excluding hydrogens is 324 g/mol. The maximum Gasteiger partial charge on any atom is 0.274 e. The van der Waals surface area contributed by atoms with Gasteiger partial charge in [-0.05, 0) is 68.5 Å². The highest BCUT2D eigenvalue weighted by molar-refractivity contribution is 6.03. The van der Waals surface area contributed by atoms with Crippen molar-refractivity contribution in [3.63, 3.8) is 0 Å². The van der Waals surface area contributed by atoms with Crippen molar-refractivity contribution in [3.8, 4) is 0 Å². The molecule has 26 heavy (non-hydrogen) atoms. The summed E-state index contributed by atoms with van der Waals surface area (Å²) in [5, 5.41) is 2.97. The summed E-state index contributed by atoms with van der Waals surface area (Å²) in [7, 11) is 0. The molecule has 5 heteroatoms. The Morgan fingerprint density at radius 2 is 1.42 bits per heavy atom. The summed E-state index contributed by atoms with van der Waals surface area (Å²) in [6.07, 6.45) is 8.01. The van der Waals surface area contributed by atoms with E-state index in [1.807, 2.05) is 24.3 Å². The van der Waals surface area contributed by atoms with Gasteiger partial charge in [-0.1, -0.05) is 0 Å². The number of carbonyl (C=O) groups excluding carboxylic acids is 1. The molecule has 136 valence electrons. The van der Waals surface area contributed by atoms with E-state index in [0.717, 1.165) is 37.6 Å². The van der Waals surface area contributed by atoms with Crippen LogP contribution < -0.4 is 15.1 Å². The van der Waals surface area contributed by atoms with Crippen LogP contribution in [-0.4, -0.2) is 37.1 Å². The van der Waals surface area contributed by atoms with Gasteiger partial charge in [0.05, 0.1) is 0 Å². The highest BCUT2D eigenvalue weighted by Gasteiger charge is 2.15. The molecule has 1 N–H and O–H groups in total. The number of nitrogens with zero attached hydrogens (tertiary/aromatic N) is 3. The number of amides is 1. The first-order chi connectivity index (χ1) is 12.8. The zero-order chi connectivity index (χ0) is 17.8. The van der Waals surface area contributed by atoms with Crippen LogP contribution in [0.5, 0.6) is 0 Å². The fraction of sp³-hybridized carbons (Fsp3) is 0.429. The van der Waals surface area contributed by atoms with Gasteiger partial charge in [0, 0.05) is 49.4 Å². The molecular formula is C21H26N4O. The third-order valence-corrected chi connectivity index (χ3v) is 5.29. The monoisotopic (exact) mass is 350 g/mol. The predicted octanol–water partition coefficient (Wildman–Crippen LogP) is 3.92. The maximum absolute atomic E-state index is 12.6. The van der Waals surface area contributed by atoms with E-state index in [9.17, 15) is 4.79 Å². The fourth-order valence-corrected chi connectivity index (χ4v) is 3.82. The van der Waals surface area contributed by atoms with Gasteiger partial charge in [0.15, 0.2) is 0 Å². The van der Waals surface area contributed by atoms with Gasteiger partial charge in [0.1, 0.15) is 5.69 Å². The second-order valence-corrected chi connectivity index (χ2v) is 7.14. The zero-order valence-corrected chi connectivity index (χ0v) is 15.2. The van der Waals surface area contributed by atoms with Crippen LogP contribution in [0.25, 0.3) is 0 Å². The predicted molar refractivity (Wildman–Crippen MR) is 106 cm³/mol. The van der Waals surface area contributed by atoms with Gasteiger partial charge in [-0.25, -0.2) is 0 Å². The summed E-state index contributed by atoms with van der Waals surface area (Å²) in [5.41, 5.74) is 3.60. The summed E-state index contributed by atoms with van der Waals surface area (Å²) in [6, 6.07) is 12.0. The van der Waals surface area contributed by atoms with Crippen molar-refractivity contribution >= 4 is 23.0 Å². The molecule has 3 heterocycles. The van der Waals surface area contributed by atoms with Gasteiger partial charge in [-0.15, -0.1) is 0 Å². The maximum atomic E-state index is 12.6. The molecule has 0 spiro atoms. The van der Waals surface area contributed by atoms with E-state index in [-0.39, 0.29) is 5.91 Å². The van der Waals surface area contributed by atoms with Crippen LogP contribution in [0.15, 0.2) is 42.6 Å². The lowest BCUT2D eigenvalue weighted by atomic mass is 10.1. The Morgan fingerprint density at radius 1 is 0.808 bits per heavy atom. The van der Waals surface area contributed by atoms with Crippen molar-refractivity contribution in [3.05, 3.63) is 48.3 Å². The van der Waals surface area contributed by atoms with Crippen LogP contribution in [0.3, 0.4) is 0 Å². The standard InChI is InChI=1S/C21H26N4O/c26-21(20-16-19(10-11-22-20)25-14-4-5-15-25)23-17-6-8-18(9-7-17)24-12-2-1-3-13-24/h6-11,16H,1-5,12-15H2,(H,23,26). The second kappa shape index (κ2) is 7.77. The normalized spacial score (nSPS) is 17.4. The molecule has 2 aromatic rings. The smallest absolute Gasteiger partial charge is 0.274 e. The number of hydrogen-bond donors (Lipinski definition) is 1. The summed E-state index contributed by atoms with van der Waals surface area (Å²) < 4.78 is 0. The summed E-state index contributed by atoms with van der Waals surface area (Å²) in [6.45, 7) is 4.36. The molecule has 0 atom stereocenters. The second-order valence-electron chi connectivity index (χ2n) is 7.14. The van der Waals surface area contributed by atoms with Crippen LogP contribution in [0.2, 0.25) is 0 Å². The molecule has 0 unspecified atom stereocenters. The minimum absolute atomic E-state index is 0.156. The van der Waals surface area contributed by atoms with E-state index < -0.39 is 0 Å². The van der Waals surface area contributed by atoms with Crippen LogP contribution >= 0.6 is 0 Å². The van der Waals surface area contributed by atoms with Crippen LogP contribution in [0.4, 0.5) is 17.1 Å².